The van der Waals surface area contributed by atoms with Crippen LogP contribution < -0.4 is 4.72 Å². The highest BCUT2D eigenvalue weighted by molar-refractivity contribution is 7.89. The third-order valence-electron chi connectivity index (χ3n) is 2.95. The number of aliphatic hydroxyl groups is 1. The Morgan fingerprint density at radius 3 is 2.48 bits per heavy atom. The molecule has 2 rings (SSSR count). The van der Waals surface area contributed by atoms with Gasteiger partial charge in [0.05, 0.1) is 23.2 Å². The van der Waals surface area contributed by atoms with Gasteiger partial charge in [0.25, 0.3) is 0 Å². The molecule has 0 saturated heterocycles. The third kappa shape index (κ3) is 4.07. The molecule has 0 saturated carbocycles. The fourth-order valence-electron chi connectivity index (χ4n) is 1.78. The van der Waals surface area contributed by atoms with E-state index in [4.69, 9.17) is 0 Å². The van der Waals surface area contributed by atoms with Crippen LogP contribution in [0, 0.1) is 6.92 Å². The van der Waals surface area contributed by atoms with Crippen molar-refractivity contribution in [2.45, 2.75) is 31.4 Å². The van der Waals surface area contributed by atoms with E-state index in [-0.39, 0.29) is 11.4 Å². The summed E-state index contributed by atoms with van der Waals surface area (Å²) >= 11 is 0. The zero-order valence-corrected chi connectivity index (χ0v) is 12.6. The highest BCUT2D eigenvalue weighted by Gasteiger charge is 2.14. The normalized spacial score (nSPS) is 13.1. The lowest BCUT2D eigenvalue weighted by molar-refractivity contribution is 0.199. The lowest BCUT2D eigenvalue weighted by atomic mass is 10.1. The van der Waals surface area contributed by atoms with E-state index in [9.17, 15) is 13.5 Å². The van der Waals surface area contributed by atoms with Gasteiger partial charge in [-0.15, -0.1) is 0 Å². The van der Waals surface area contributed by atoms with Crippen molar-refractivity contribution in [3.63, 3.8) is 0 Å². The minimum absolute atomic E-state index is 0.101. The number of aliphatic hydroxyl groups excluding tert-OH is 1. The van der Waals surface area contributed by atoms with Crippen LogP contribution in [0.1, 0.15) is 30.1 Å². The zero-order chi connectivity index (χ0) is 15.5. The van der Waals surface area contributed by atoms with E-state index in [0.717, 1.165) is 0 Å². The van der Waals surface area contributed by atoms with Crippen LogP contribution in [0.2, 0.25) is 0 Å². The molecule has 1 aromatic carbocycles. The Bertz CT molecular complexity index is 712. The molecule has 0 fully saturated rings. The minimum atomic E-state index is -3.61. The van der Waals surface area contributed by atoms with Crippen LogP contribution in [0.4, 0.5) is 0 Å². The Kier molecular flexibility index (Phi) is 4.66. The van der Waals surface area contributed by atoms with E-state index in [1.165, 1.54) is 12.1 Å². The first-order valence-corrected chi connectivity index (χ1v) is 7.93. The lowest BCUT2D eigenvalue weighted by Crippen LogP contribution is -2.24. The molecule has 1 aromatic heterocycles. The van der Waals surface area contributed by atoms with Crippen LogP contribution in [0.3, 0.4) is 0 Å². The van der Waals surface area contributed by atoms with Gasteiger partial charge in [0, 0.05) is 6.20 Å². The summed E-state index contributed by atoms with van der Waals surface area (Å²) in [6.07, 6.45) is 0.961. The van der Waals surface area contributed by atoms with E-state index in [2.05, 4.69) is 14.7 Å². The first-order chi connectivity index (χ1) is 9.88. The molecule has 21 heavy (non-hydrogen) atoms. The van der Waals surface area contributed by atoms with Crippen molar-refractivity contribution in [3.05, 3.63) is 53.6 Å². The van der Waals surface area contributed by atoms with Crippen LogP contribution in [-0.2, 0) is 16.6 Å². The second kappa shape index (κ2) is 6.30. The van der Waals surface area contributed by atoms with E-state index in [0.29, 0.717) is 17.1 Å². The molecule has 2 N–H and O–H groups in total. The van der Waals surface area contributed by atoms with Gasteiger partial charge in [-0.2, -0.15) is 0 Å². The predicted molar refractivity (Wildman–Crippen MR) is 77.9 cm³/mol. The summed E-state index contributed by atoms with van der Waals surface area (Å²) in [4.78, 5) is 8.24. The number of aryl methyl sites for hydroxylation is 1. The summed E-state index contributed by atoms with van der Waals surface area (Å²) < 4.78 is 26.8. The van der Waals surface area contributed by atoms with Gasteiger partial charge < -0.3 is 5.11 Å². The molecule has 1 atom stereocenters. The van der Waals surface area contributed by atoms with Gasteiger partial charge in [-0.1, -0.05) is 12.1 Å². The van der Waals surface area contributed by atoms with Gasteiger partial charge in [-0.3, -0.25) is 0 Å². The Hall–Kier alpha value is -1.83. The molecule has 0 spiro atoms. The molecule has 1 unspecified atom stereocenters. The van der Waals surface area contributed by atoms with Gasteiger partial charge in [-0.05, 0) is 37.6 Å². The monoisotopic (exact) mass is 307 g/mol. The van der Waals surface area contributed by atoms with Crippen molar-refractivity contribution in [2.24, 2.45) is 0 Å². The number of hydrogen-bond acceptors (Lipinski definition) is 5. The summed E-state index contributed by atoms with van der Waals surface area (Å²) in [5, 5.41) is 9.42. The fourth-order valence-corrected chi connectivity index (χ4v) is 2.78. The highest BCUT2D eigenvalue weighted by atomic mass is 32.2. The number of sulfonamides is 1. The summed E-state index contributed by atoms with van der Waals surface area (Å²) in [7, 11) is -3.61. The molecule has 0 aliphatic heterocycles. The van der Waals surface area contributed by atoms with Crippen LogP contribution in [0.15, 0.2) is 41.4 Å². The molecule has 7 heteroatoms. The van der Waals surface area contributed by atoms with Gasteiger partial charge in [0.1, 0.15) is 5.82 Å². The van der Waals surface area contributed by atoms with Crippen LogP contribution >= 0.6 is 0 Å². The summed E-state index contributed by atoms with van der Waals surface area (Å²) in [5.41, 5.74) is 1.27. The molecule has 0 bridgehead atoms. The second-order valence-corrected chi connectivity index (χ2v) is 6.43. The minimum Gasteiger partial charge on any atom is -0.389 e. The SMILES string of the molecule is Cc1nccc(CNS(=O)(=O)c2ccc(C(C)O)cc2)n1. The van der Waals surface area contributed by atoms with Gasteiger partial charge in [0.2, 0.25) is 10.0 Å². The molecule has 112 valence electrons. The summed E-state index contributed by atoms with van der Waals surface area (Å²) in [6.45, 7) is 3.47. The zero-order valence-electron chi connectivity index (χ0n) is 11.8. The molecule has 0 radical (unpaired) electrons. The van der Waals surface area contributed by atoms with Crippen molar-refractivity contribution in [1.29, 1.82) is 0 Å². The number of nitrogens with one attached hydrogen (secondary N) is 1. The quantitative estimate of drug-likeness (QED) is 0.869. The molecule has 0 aliphatic rings. The molecular weight excluding hydrogens is 290 g/mol. The maximum atomic E-state index is 12.2. The maximum absolute atomic E-state index is 12.2. The van der Waals surface area contributed by atoms with Crippen LogP contribution in [0.5, 0.6) is 0 Å². The largest absolute Gasteiger partial charge is 0.389 e. The third-order valence-corrected chi connectivity index (χ3v) is 4.37. The predicted octanol–water partition coefficient (Wildman–Crippen LogP) is 1.32. The van der Waals surface area contributed by atoms with Crippen molar-refractivity contribution < 1.29 is 13.5 Å². The number of hydrogen-bond donors (Lipinski definition) is 2. The van der Waals surface area contributed by atoms with Crippen molar-refractivity contribution in [2.75, 3.05) is 0 Å². The maximum Gasteiger partial charge on any atom is 0.240 e. The standard InChI is InChI=1S/C14H17N3O3S/c1-10(18)12-3-5-14(6-4-12)21(19,20)16-9-13-7-8-15-11(2)17-13/h3-8,10,16,18H,9H2,1-2H3. The molecular formula is C14H17N3O3S. The van der Waals surface area contributed by atoms with Gasteiger partial charge in [-0.25, -0.2) is 23.1 Å². The summed E-state index contributed by atoms with van der Waals surface area (Å²) in [6, 6.07) is 7.78. The molecule has 0 amide bonds. The highest BCUT2D eigenvalue weighted by Crippen LogP contribution is 2.16. The smallest absolute Gasteiger partial charge is 0.240 e. The van der Waals surface area contributed by atoms with E-state index in [1.54, 1.807) is 38.2 Å². The lowest BCUT2D eigenvalue weighted by Gasteiger charge is -2.08. The first kappa shape index (κ1) is 15.6. The average molecular weight is 307 g/mol. The van der Waals surface area contributed by atoms with Gasteiger partial charge >= 0.3 is 0 Å². The second-order valence-electron chi connectivity index (χ2n) is 4.66. The van der Waals surface area contributed by atoms with E-state index in [1.807, 2.05) is 0 Å². The number of nitrogens with zero attached hydrogens (tertiary/aromatic N) is 2. The Balaban J connectivity index is 2.11. The van der Waals surface area contributed by atoms with E-state index < -0.39 is 16.1 Å². The number of benzene rings is 1. The van der Waals surface area contributed by atoms with Crippen molar-refractivity contribution in [3.8, 4) is 0 Å². The summed E-state index contributed by atoms with van der Waals surface area (Å²) in [5.74, 6) is 0.591. The topological polar surface area (TPSA) is 92.2 Å². The first-order valence-electron chi connectivity index (χ1n) is 6.45. The molecule has 6 nitrogen and oxygen atoms in total. The average Bonchev–Trinajstić information content (AvgIpc) is 2.45. The number of aromatic nitrogens is 2. The van der Waals surface area contributed by atoms with Crippen LogP contribution in [0.25, 0.3) is 0 Å². The fraction of sp³-hybridized carbons (Fsp3) is 0.286. The molecule has 1 heterocycles. The Labute approximate surface area is 123 Å². The van der Waals surface area contributed by atoms with Crippen molar-refractivity contribution in [1.82, 2.24) is 14.7 Å². The van der Waals surface area contributed by atoms with E-state index >= 15 is 0 Å². The van der Waals surface area contributed by atoms with Gasteiger partial charge in [0.15, 0.2) is 0 Å². The Morgan fingerprint density at radius 2 is 1.90 bits per heavy atom. The molecule has 2 aromatic rings. The number of rotatable bonds is 5. The molecule has 0 aliphatic carbocycles. The Morgan fingerprint density at radius 1 is 1.24 bits per heavy atom. The van der Waals surface area contributed by atoms with Crippen LogP contribution in [-0.4, -0.2) is 23.5 Å². The van der Waals surface area contributed by atoms with Crippen molar-refractivity contribution >= 4 is 10.0 Å².